The van der Waals surface area contributed by atoms with E-state index in [9.17, 15) is 0 Å². The second-order valence-electron chi connectivity index (χ2n) is 4.30. The fourth-order valence-corrected chi connectivity index (χ4v) is 1.79. The zero-order chi connectivity index (χ0) is 13.0. The third-order valence-corrected chi connectivity index (χ3v) is 2.79. The summed E-state index contributed by atoms with van der Waals surface area (Å²) >= 11 is 0. The Morgan fingerprint density at radius 2 is 1.83 bits per heavy atom. The van der Waals surface area contributed by atoms with Crippen molar-refractivity contribution in [1.29, 1.82) is 0 Å². The summed E-state index contributed by atoms with van der Waals surface area (Å²) in [6.45, 7) is 2.02. The summed E-state index contributed by atoms with van der Waals surface area (Å²) < 4.78 is 2.02. The number of benzene rings is 1. The van der Waals surface area contributed by atoms with Gasteiger partial charge in [-0.15, -0.1) is 0 Å². The largest absolute Gasteiger partial charge is 0.268 e. The molecule has 0 spiro atoms. The molecule has 2 rings (SSSR count). The Balaban J connectivity index is 2.23. The number of pyridine rings is 1. The highest BCUT2D eigenvalue weighted by molar-refractivity contribution is 5.98. The molecule has 0 radical (unpaired) electrons. The molecule has 0 unspecified atom stereocenters. The van der Waals surface area contributed by atoms with Crippen molar-refractivity contribution in [3.63, 3.8) is 0 Å². The van der Waals surface area contributed by atoms with Crippen molar-refractivity contribution in [3.8, 4) is 0 Å². The maximum Gasteiger partial charge on any atom is 0.177 e. The van der Waals surface area contributed by atoms with Crippen LogP contribution in [-0.4, -0.2) is 12.8 Å². The van der Waals surface area contributed by atoms with Gasteiger partial charge in [-0.25, -0.2) is 4.57 Å². The minimum Gasteiger partial charge on any atom is -0.268 e. The van der Waals surface area contributed by atoms with E-state index >= 15 is 0 Å². The van der Waals surface area contributed by atoms with Crippen LogP contribution in [0.3, 0.4) is 0 Å². The van der Waals surface area contributed by atoms with E-state index in [4.69, 9.17) is 0 Å². The van der Waals surface area contributed by atoms with Gasteiger partial charge in [0.1, 0.15) is 7.05 Å². The van der Waals surface area contributed by atoms with Gasteiger partial charge in [0.2, 0.25) is 0 Å². The molecule has 92 valence electrons. The van der Waals surface area contributed by atoms with E-state index < -0.39 is 0 Å². The van der Waals surface area contributed by atoms with E-state index in [0.29, 0.717) is 0 Å². The molecular weight excluding hydrogens is 222 g/mol. The maximum atomic E-state index is 4.60. The summed E-state index contributed by atoms with van der Waals surface area (Å²) in [5, 5.41) is 6.49. The molecule has 2 aromatic rings. The van der Waals surface area contributed by atoms with E-state index in [2.05, 4.69) is 17.4 Å². The molecule has 0 bridgehead atoms. The van der Waals surface area contributed by atoms with E-state index in [1.54, 1.807) is 0 Å². The lowest BCUT2D eigenvalue weighted by atomic mass is 10.2. The number of anilines is 1. The number of aryl methyl sites for hydroxylation is 1. The predicted octanol–water partition coefficient (Wildman–Crippen LogP) is 2.37. The molecule has 1 aromatic heterocycles. The summed E-state index contributed by atoms with van der Waals surface area (Å²) in [4.78, 5) is 0. The molecule has 0 saturated heterocycles. The molecular formula is C15H18N3+. The van der Waals surface area contributed by atoms with Crippen LogP contribution in [0.2, 0.25) is 0 Å². The van der Waals surface area contributed by atoms with Gasteiger partial charge in [0.05, 0.1) is 17.0 Å². The Hall–Kier alpha value is -2.16. The SMILES string of the molecule is CC(=NN(C)c1ccccc1)c1ccc[n+](C)c1. The van der Waals surface area contributed by atoms with Crippen LogP contribution < -0.4 is 9.58 Å². The van der Waals surface area contributed by atoms with Crippen LogP contribution in [0, 0.1) is 0 Å². The molecule has 0 aliphatic heterocycles. The fourth-order valence-electron chi connectivity index (χ4n) is 1.79. The van der Waals surface area contributed by atoms with Crippen LogP contribution in [0.25, 0.3) is 0 Å². The zero-order valence-corrected chi connectivity index (χ0v) is 11.0. The number of aromatic nitrogens is 1. The van der Waals surface area contributed by atoms with E-state index in [-0.39, 0.29) is 0 Å². The summed E-state index contributed by atoms with van der Waals surface area (Å²) in [7, 11) is 3.97. The molecule has 0 aliphatic rings. The molecule has 1 heterocycles. The Kier molecular flexibility index (Phi) is 3.72. The number of para-hydroxylation sites is 1. The third kappa shape index (κ3) is 2.94. The van der Waals surface area contributed by atoms with Crippen molar-refractivity contribution >= 4 is 11.4 Å². The maximum absolute atomic E-state index is 4.60. The summed E-state index contributed by atoms with van der Waals surface area (Å²) in [6, 6.07) is 14.2. The van der Waals surface area contributed by atoms with Crippen molar-refractivity contribution in [2.45, 2.75) is 6.92 Å². The average Bonchev–Trinajstić information content (AvgIpc) is 2.39. The second-order valence-corrected chi connectivity index (χ2v) is 4.30. The monoisotopic (exact) mass is 240 g/mol. The predicted molar refractivity (Wildman–Crippen MR) is 74.7 cm³/mol. The van der Waals surface area contributed by atoms with Crippen molar-refractivity contribution in [3.05, 3.63) is 60.4 Å². The van der Waals surface area contributed by atoms with Crippen LogP contribution in [-0.2, 0) is 7.05 Å². The molecule has 0 atom stereocenters. The van der Waals surface area contributed by atoms with Crippen LogP contribution in [0.1, 0.15) is 12.5 Å². The number of hydrazone groups is 1. The summed E-state index contributed by atoms with van der Waals surface area (Å²) in [5.41, 5.74) is 3.21. The molecule has 0 N–H and O–H groups in total. The molecule has 0 amide bonds. The van der Waals surface area contributed by atoms with E-state index in [1.807, 2.05) is 73.2 Å². The Labute approximate surface area is 108 Å². The standard InChI is InChI=1S/C15H18N3/c1-13(14-8-7-11-17(2)12-14)16-18(3)15-9-5-4-6-10-15/h4-12H,1-3H3/q+1. The van der Waals surface area contributed by atoms with Gasteiger partial charge in [0.15, 0.2) is 12.4 Å². The first-order valence-electron chi connectivity index (χ1n) is 5.96. The highest BCUT2D eigenvalue weighted by Gasteiger charge is 2.04. The molecule has 0 fully saturated rings. The molecule has 3 heteroatoms. The van der Waals surface area contributed by atoms with Crippen molar-refractivity contribution in [1.82, 2.24) is 0 Å². The lowest BCUT2D eigenvalue weighted by Gasteiger charge is -2.14. The first-order chi connectivity index (χ1) is 8.66. The van der Waals surface area contributed by atoms with Gasteiger partial charge in [0.25, 0.3) is 0 Å². The first kappa shape index (κ1) is 12.3. The Bertz CT molecular complexity index is 547. The number of rotatable bonds is 3. The molecule has 3 nitrogen and oxygen atoms in total. The van der Waals surface area contributed by atoms with Gasteiger partial charge in [-0.1, -0.05) is 18.2 Å². The number of hydrogen-bond acceptors (Lipinski definition) is 2. The quantitative estimate of drug-likeness (QED) is 0.458. The second kappa shape index (κ2) is 5.45. The number of nitrogens with zero attached hydrogens (tertiary/aromatic N) is 3. The van der Waals surface area contributed by atoms with Crippen LogP contribution >= 0.6 is 0 Å². The van der Waals surface area contributed by atoms with Gasteiger partial charge in [-0.2, -0.15) is 5.10 Å². The van der Waals surface area contributed by atoms with Gasteiger partial charge in [-0.3, -0.25) is 5.01 Å². The minimum atomic E-state index is 0.998. The zero-order valence-electron chi connectivity index (χ0n) is 11.0. The normalized spacial score (nSPS) is 11.4. The van der Waals surface area contributed by atoms with Crippen LogP contribution in [0.4, 0.5) is 5.69 Å². The van der Waals surface area contributed by atoms with Gasteiger partial charge in [0, 0.05) is 13.1 Å². The summed E-state index contributed by atoms with van der Waals surface area (Å²) in [5.74, 6) is 0. The Morgan fingerprint density at radius 1 is 1.11 bits per heavy atom. The van der Waals surface area contributed by atoms with Gasteiger partial charge < -0.3 is 0 Å². The molecule has 0 saturated carbocycles. The van der Waals surface area contributed by atoms with Crippen molar-refractivity contribution < 1.29 is 4.57 Å². The first-order valence-corrected chi connectivity index (χ1v) is 5.96. The molecule has 0 aliphatic carbocycles. The van der Waals surface area contributed by atoms with Crippen molar-refractivity contribution in [2.24, 2.45) is 12.1 Å². The van der Waals surface area contributed by atoms with Crippen LogP contribution in [0.15, 0.2) is 60.0 Å². The van der Waals surface area contributed by atoms with E-state index in [1.165, 1.54) is 0 Å². The Morgan fingerprint density at radius 3 is 2.50 bits per heavy atom. The van der Waals surface area contributed by atoms with Gasteiger partial charge >= 0.3 is 0 Å². The minimum absolute atomic E-state index is 0.998. The van der Waals surface area contributed by atoms with Crippen molar-refractivity contribution in [2.75, 3.05) is 12.1 Å². The van der Waals surface area contributed by atoms with Crippen LogP contribution in [0.5, 0.6) is 0 Å². The molecule has 18 heavy (non-hydrogen) atoms. The highest BCUT2D eigenvalue weighted by atomic mass is 15.4. The topological polar surface area (TPSA) is 19.5 Å². The smallest absolute Gasteiger partial charge is 0.177 e. The highest BCUT2D eigenvalue weighted by Crippen LogP contribution is 2.12. The fraction of sp³-hybridized carbons (Fsp3) is 0.200. The lowest BCUT2D eigenvalue weighted by Crippen LogP contribution is -2.27. The number of hydrogen-bond donors (Lipinski definition) is 0. The lowest BCUT2D eigenvalue weighted by molar-refractivity contribution is -0.671. The summed E-state index contributed by atoms with van der Waals surface area (Å²) in [6.07, 6.45) is 4.08. The molecule has 1 aromatic carbocycles. The van der Waals surface area contributed by atoms with Gasteiger partial charge in [-0.05, 0) is 25.1 Å². The third-order valence-electron chi connectivity index (χ3n) is 2.79. The average molecular weight is 240 g/mol. The van der Waals surface area contributed by atoms with E-state index in [0.717, 1.165) is 17.0 Å².